The van der Waals surface area contributed by atoms with Crippen molar-refractivity contribution < 1.29 is 19.7 Å². The van der Waals surface area contributed by atoms with Crippen LogP contribution in [0.2, 0.25) is 0 Å². The number of esters is 1. The second kappa shape index (κ2) is 5.53. The molecule has 17 heavy (non-hydrogen) atoms. The minimum atomic E-state index is -1.34. The highest BCUT2D eigenvalue weighted by Crippen LogP contribution is 2.16. The van der Waals surface area contributed by atoms with E-state index in [1.165, 1.54) is 7.11 Å². The van der Waals surface area contributed by atoms with E-state index < -0.39 is 18.2 Å². The third-order valence-electron chi connectivity index (χ3n) is 2.11. The molecule has 8 heteroatoms. The highest BCUT2D eigenvalue weighted by molar-refractivity contribution is 5.91. The van der Waals surface area contributed by atoms with Gasteiger partial charge in [0.1, 0.15) is 6.10 Å². The summed E-state index contributed by atoms with van der Waals surface area (Å²) in [6.45, 7) is -0.152. The lowest BCUT2D eigenvalue weighted by Gasteiger charge is -2.15. The summed E-state index contributed by atoms with van der Waals surface area (Å²) in [6, 6.07) is 0. The number of methoxy groups -OCH3 is 1. The van der Waals surface area contributed by atoms with E-state index in [2.05, 4.69) is 14.7 Å². The largest absolute Gasteiger partial charge is 0.464 e. The summed E-state index contributed by atoms with van der Waals surface area (Å²) in [5, 5.41) is 19.0. The number of carbonyl (C=O) groups is 1. The molecular formula is C9H14N4O4. The lowest BCUT2D eigenvalue weighted by atomic mass is 10.1. The first-order valence-electron chi connectivity index (χ1n) is 4.78. The molecule has 0 aliphatic heterocycles. The molecule has 2 atom stereocenters. The first-order valence-corrected chi connectivity index (χ1v) is 4.78. The van der Waals surface area contributed by atoms with Crippen molar-refractivity contribution in [2.24, 2.45) is 5.73 Å². The Bertz CT molecular complexity index is 412. The number of ether oxygens (including phenoxy) is 1. The Balaban J connectivity index is 3.08. The first kappa shape index (κ1) is 13.3. The number of rotatable bonds is 4. The molecule has 0 radical (unpaired) electrons. The Kier molecular flexibility index (Phi) is 4.32. The second-order valence-corrected chi connectivity index (χ2v) is 3.27. The van der Waals surface area contributed by atoms with Crippen LogP contribution >= 0.6 is 0 Å². The fraction of sp³-hybridized carbons (Fsp3) is 0.444. The van der Waals surface area contributed by atoms with Crippen LogP contribution in [0.4, 0.5) is 5.82 Å². The van der Waals surface area contributed by atoms with Gasteiger partial charge in [0, 0.05) is 6.54 Å². The van der Waals surface area contributed by atoms with E-state index in [-0.39, 0.29) is 23.8 Å². The number of aromatic nitrogens is 2. The number of nitrogen functional groups attached to an aromatic ring is 1. The summed E-state index contributed by atoms with van der Waals surface area (Å²) >= 11 is 0. The highest BCUT2D eigenvalue weighted by Gasteiger charge is 2.22. The van der Waals surface area contributed by atoms with Gasteiger partial charge in [0.25, 0.3) is 0 Å². The van der Waals surface area contributed by atoms with Crippen LogP contribution in [0.15, 0.2) is 6.20 Å². The van der Waals surface area contributed by atoms with Crippen LogP contribution in [0.1, 0.15) is 22.3 Å². The van der Waals surface area contributed by atoms with Crippen molar-refractivity contribution >= 4 is 11.8 Å². The van der Waals surface area contributed by atoms with Gasteiger partial charge in [-0.25, -0.2) is 14.8 Å². The van der Waals surface area contributed by atoms with E-state index in [1.807, 2.05) is 0 Å². The molecule has 0 aliphatic carbocycles. The van der Waals surface area contributed by atoms with Crippen LogP contribution in [0.3, 0.4) is 0 Å². The molecule has 0 bridgehead atoms. The third kappa shape index (κ3) is 2.87. The van der Waals surface area contributed by atoms with Gasteiger partial charge in [-0.3, -0.25) is 0 Å². The molecule has 0 spiro atoms. The van der Waals surface area contributed by atoms with Crippen LogP contribution in [-0.2, 0) is 4.74 Å². The smallest absolute Gasteiger partial charge is 0.360 e. The van der Waals surface area contributed by atoms with Gasteiger partial charge in [-0.05, 0) is 0 Å². The van der Waals surface area contributed by atoms with Crippen molar-refractivity contribution in [2.75, 3.05) is 19.4 Å². The summed E-state index contributed by atoms with van der Waals surface area (Å²) < 4.78 is 4.45. The average Bonchev–Trinajstić information content (AvgIpc) is 2.36. The van der Waals surface area contributed by atoms with E-state index in [4.69, 9.17) is 11.5 Å². The van der Waals surface area contributed by atoms with Crippen LogP contribution in [0, 0.1) is 0 Å². The molecule has 6 N–H and O–H groups in total. The highest BCUT2D eigenvalue weighted by atomic mass is 16.5. The van der Waals surface area contributed by atoms with E-state index in [0.717, 1.165) is 6.20 Å². The van der Waals surface area contributed by atoms with Crippen molar-refractivity contribution in [3.8, 4) is 0 Å². The summed E-state index contributed by atoms with van der Waals surface area (Å²) in [4.78, 5) is 18.7. The summed E-state index contributed by atoms with van der Waals surface area (Å²) in [7, 11) is 1.17. The third-order valence-corrected chi connectivity index (χ3v) is 2.11. The molecule has 0 amide bonds. The van der Waals surface area contributed by atoms with Crippen molar-refractivity contribution in [2.45, 2.75) is 12.2 Å². The molecule has 1 heterocycles. The van der Waals surface area contributed by atoms with Crippen molar-refractivity contribution in [1.29, 1.82) is 0 Å². The lowest BCUT2D eigenvalue weighted by molar-refractivity contribution is 0.0212. The van der Waals surface area contributed by atoms with Gasteiger partial charge in [0.15, 0.2) is 11.5 Å². The molecule has 1 aromatic heterocycles. The molecule has 2 unspecified atom stereocenters. The molecule has 1 rings (SSSR count). The molecular weight excluding hydrogens is 228 g/mol. The minimum Gasteiger partial charge on any atom is -0.464 e. The number of aliphatic hydroxyl groups excluding tert-OH is 2. The Morgan fingerprint density at radius 3 is 2.76 bits per heavy atom. The van der Waals surface area contributed by atoms with E-state index in [1.54, 1.807) is 0 Å². The normalized spacial score (nSPS) is 14.1. The predicted molar refractivity (Wildman–Crippen MR) is 57.8 cm³/mol. The van der Waals surface area contributed by atoms with Crippen LogP contribution < -0.4 is 11.5 Å². The number of carbonyl (C=O) groups excluding carboxylic acids is 1. The van der Waals surface area contributed by atoms with Gasteiger partial charge in [-0.1, -0.05) is 0 Å². The maximum atomic E-state index is 11.3. The van der Waals surface area contributed by atoms with E-state index in [0.29, 0.717) is 0 Å². The van der Waals surface area contributed by atoms with Gasteiger partial charge < -0.3 is 26.4 Å². The maximum absolute atomic E-state index is 11.3. The van der Waals surface area contributed by atoms with Crippen molar-refractivity contribution in [3.05, 3.63) is 17.6 Å². The zero-order valence-electron chi connectivity index (χ0n) is 9.20. The Morgan fingerprint density at radius 1 is 1.59 bits per heavy atom. The van der Waals surface area contributed by atoms with E-state index in [9.17, 15) is 15.0 Å². The van der Waals surface area contributed by atoms with Crippen LogP contribution in [0.5, 0.6) is 0 Å². The summed E-state index contributed by atoms with van der Waals surface area (Å²) in [6.07, 6.45) is -1.37. The summed E-state index contributed by atoms with van der Waals surface area (Å²) in [5.41, 5.74) is 10.4. The quantitative estimate of drug-likeness (QED) is 0.452. The topological polar surface area (TPSA) is 145 Å². The number of hydrogen-bond donors (Lipinski definition) is 4. The average molecular weight is 242 g/mol. The Hall–Kier alpha value is -1.77. The van der Waals surface area contributed by atoms with E-state index >= 15 is 0 Å². The monoisotopic (exact) mass is 242 g/mol. The van der Waals surface area contributed by atoms with Gasteiger partial charge in [-0.2, -0.15) is 0 Å². The number of aliphatic hydroxyl groups is 2. The molecule has 8 nitrogen and oxygen atoms in total. The minimum absolute atomic E-state index is 0.00227. The second-order valence-electron chi connectivity index (χ2n) is 3.27. The van der Waals surface area contributed by atoms with Crippen molar-refractivity contribution in [3.63, 3.8) is 0 Å². The fourth-order valence-corrected chi connectivity index (χ4v) is 1.13. The van der Waals surface area contributed by atoms with Gasteiger partial charge in [0.2, 0.25) is 0 Å². The molecule has 1 aromatic rings. The summed E-state index contributed by atoms with van der Waals surface area (Å²) in [5.74, 6) is -0.888. The van der Waals surface area contributed by atoms with Crippen LogP contribution in [-0.4, -0.2) is 45.9 Å². The first-order chi connectivity index (χ1) is 8.01. The van der Waals surface area contributed by atoms with Crippen molar-refractivity contribution in [1.82, 2.24) is 9.97 Å². The van der Waals surface area contributed by atoms with Gasteiger partial charge in [-0.15, -0.1) is 0 Å². The Labute approximate surface area is 97.2 Å². The molecule has 0 saturated heterocycles. The Morgan fingerprint density at radius 2 is 2.24 bits per heavy atom. The zero-order valence-corrected chi connectivity index (χ0v) is 9.20. The van der Waals surface area contributed by atoms with Gasteiger partial charge >= 0.3 is 5.97 Å². The lowest BCUT2D eigenvalue weighted by Crippen LogP contribution is -2.28. The molecule has 0 saturated carbocycles. The van der Waals surface area contributed by atoms with Gasteiger partial charge in [0.05, 0.1) is 25.1 Å². The number of anilines is 1. The molecule has 0 aliphatic rings. The standard InChI is InChI=1S/C9H14N4O4/c1-17-9(16)6-8(11)12-3-4(13-6)7(15)5(14)2-10/h3,5,7,14-15H,2,10H2,1H3,(H2,11,12). The predicted octanol–water partition coefficient (Wildman–Crippen LogP) is -1.80. The molecule has 94 valence electrons. The number of nitrogens with two attached hydrogens (primary N) is 2. The molecule has 0 aromatic carbocycles. The number of hydrogen-bond acceptors (Lipinski definition) is 8. The fourth-order valence-electron chi connectivity index (χ4n) is 1.13. The zero-order chi connectivity index (χ0) is 13.0. The SMILES string of the molecule is COC(=O)c1nc(C(O)C(O)CN)cnc1N. The molecule has 0 fully saturated rings. The number of nitrogens with zero attached hydrogens (tertiary/aromatic N) is 2. The van der Waals surface area contributed by atoms with Crippen LogP contribution in [0.25, 0.3) is 0 Å². The maximum Gasteiger partial charge on any atom is 0.360 e.